The van der Waals surface area contributed by atoms with Crippen LogP contribution in [0.3, 0.4) is 0 Å². The Morgan fingerprint density at radius 1 is 0.426 bits per heavy atom. The van der Waals surface area contributed by atoms with Crippen LogP contribution in [0.25, 0.3) is 55.2 Å². The van der Waals surface area contributed by atoms with Crippen molar-refractivity contribution >= 4 is 55.2 Å². The van der Waals surface area contributed by atoms with Gasteiger partial charge in [-0.1, -0.05) is 128 Å². The van der Waals surface area contributed by atoms with Crippen molar-refractivity contribution in [3.05, 3.63) is 251 Å². The zero-order valence-corrected chi connectivity index (χ0v) is 37.2. The molecule has 0 aliphatic carbocycles. The molecule has 0 nitrogen and oxygen atoms in total. The molecule has 0 fully saturated rings. The number of halogens is 6. The third-order valence-corrected chi connectivity index (χ3v) is 10.9. The minimum atomic E-state index is -4.38. The second-order valence-corrected chi connectivity index (χ2v) is 15.9. The van der Waals surface area contributed by atoms with Crippen molar-refractivity contribution in [2.24, 2.45) is 0 Å². The maximum atomic E-state index is 12.9. The average molecular weight is 901 g/mol. The molecule has 6 heteroatoms. The monoisotopic (exact) mass is 900 g/mol. The average Bonchev–Trinajstić information content (AvgIpc) is 3.33. The molecular formula is C62H42F6. The van der Waals surface area contributed by atoms with Crippen LogP contribution in [0.4, 0.5) is 26.3 Å². The number of alkyl halides is 6. The molecule has 0 N–H and O–H groups in total. The number of hydrogen-bond acceptors (Lipinski definition) is 0. The van der Waals surface area contributed by atoms with Crippen LogP contribution in [0.1, 0.15) is 58.4 Å². The zero-order chi connectivity index (χ0) is 48.4. The first-order valence-corrected chi connectivity index (χ1v) is 21.4. The van der Waals surface area contributed by atoms with Crippen LogP contribution in [0.2, 0.25) is 0 Å². The van der Waals surface area contributed by atoms with E-state index in [1.807, 2.05) is 68.5 Å². The molecule has 0 saturated carbocycles. The van der Waals surface area contributed by atoms with Crippen molar-refractivity contribution in [3.8, 4) is 35.5 Å². The largest absolute Gasteiger partial charge is 0.416 e. The first-order chi connectivity index (χ1) is 32.5. The maximum Gasteiger partial charge on any atom is 0.416 e. The van der Waals surface area contributed by atoms with Gasteiger partial charge in [-0.2, -0.15) is 26.3 Å². The third kappa shape index (κ3) is 12.6. The van der Waals surface area contributed by atoms with Crippen molar-refractivity contribution in [3.63, 3.8) is 0 Å². The molecule has 0 amide bonds. The van der Waals surface area contributed by atoms with Gasteiger partial charge in [-0.3, -0.25) is 0 Å². The Bertz CT molecular complexity index is 3340. The quantitative estimate of drug-likeness (QED) is 0.0531. The van der Waals surface area contributed by atoms with Crippen LogP contribution >= 0.6 is 0 Å². The SMILES string of the molecule is C=CC(=C)C#CC(=C)/C=C\C(C)=C\C.FC(F)(F)c1ccc(C#Cc2ccc3cc4cc(/C=C/c5ccc6cc7cc(C#Cc8ccc(C(F)(F)F)cc8)ccc7cc6c5)ccc4cc3c2)cc1. The smallest absolute Gasteiger partial charge is 0.166 e. The molecule has 8 aromatic rings. The fourth-order valence-corrected chi connectivity index (χ4v) is 6.94. The molecule has 0 spiro atoms. The van der Waals surface area contributed by atoms with Crippen LogP contribution in [0.5, 0.6) is 0 Å². The summed E-state index contributed by atoms with van der Waals surface area (Å²) >= 11 is 0. The van der Waals surface area contributed by atoms with E-state index in [1.165, 1.54) is 29.8 Å². The second kappa shape index (κ2) is 20.8. The summed E-state index contributed by atoms with van der Waals surface area (Å²) in [6.07, 6.45) is 2.95. The van der Waals surface area contributed by atoms with Gasteiger partial charge in [-0.25, -0.2) is 0 Å². The molecular weight excluding hydrogens is 859 g/mol. The zero-order valence-electron chi connectivity index (χ0n) is 37.2. The van der Waals surface area contributed by atoms with E-state index in [0.29, 0.717) is 16.7 Å². The minimum Gasteiger partial charge on any atom is -0.166 e. The predicted octanol–water partition coefficient (Wildman–Crippen LogP) is 17.1. The molecule has 0 aromatic heterocycles. The molecule has 0 heterocycles. The van der Waals surface area contributed by atoms with E-state index in [-0.39, 0.29) is 0 Å². The summed E-state index contributed by atoms with van der Waals surface area (Å²) in [6, 6.07) is 42.6. The Balaban J connectivity index is 0.000000425. The molecule has 0 unspecified atom stereocenters. The molecule has 8 aromatic carbocycles. The highest BCUT2D eigenvalue weighted by atomic mass is 19.4. The molecule has 332 valence electrons. The molecule has 0 bridgehead atoms. The lowest BCUT2D eigenvalue weighted by Gasteiger charge is -2.06. The Hall–Kier alpha value is -8.50. The van der Waals surface area contributed by atoms with E-state index in [4.69, 9.17) is 0 Å². The van der Waals surface area contributed by atoms with Crippen LogP contribution in [0.15, 0.2) is 206 Å². The summed E-state index contributed by atoms with van der Waals surface area (Å²) in [5, 5.41) is 8.53. The molecule has 0 radical (unpaired) electrons. The highest BCUT2D eigenvalue weighted by Crippen LogP contribution is 2.31. The summed E-state index contributed by atoms with van der Waals surface area (Å²) in [7, 11) is 0. The Morgan fingerprint density at radius 2 is 0.779 bits per heavy atom. The number of fused-ring (bicyclic) bond motifs is 4. The minimum absolute atomic E-state index is 0.514. The molecule has 8 rings (SSSR count). The lowest BCUT2D eigenvalue weighted by molar-refractivity contribution is -0.138. The summed E-state index contributed by atoms with van der Waals surface area (Å²) in [6.45, 7) is 15.1. The van der Waals surface area contributed by atoms with Gasteiger partial charge in [0.25, 0.3) is 0 Å². The van der Waals surface area contributed by atoms with E-state index in [0.717, 1.165) is 95.2 Å². The van der Waals surface area contributed by atoms with Gasteiger partial charge in [0.2, 0.25) is 0 Å². The van der Waals surface area contributed by atoms with Gasteiger partial charge in [-0.05, 0) is 183 Å². The lowest BCUT2D eigenvalue weighted by atomic mass is 9.99. The van der Waals surface area contributed by atoms with E-state index in [1.54, 1.807) is 6.08 Å². The van der Waals surface area contributed by atoms with Crippen molar-refractivity contribution in [2.75, 3.05) is 0 Å². The fourth-order valence-electron chi connectivity index (χ4n) is 6.94. The van der Waals surface area contributed by atoms with Crippen molar-refractivity contribution in [1.82, 2.24) is 0 Å². The first-order valence-electron chi connectivity index (χ1n) is 21.4. The normalized spacial score (nSPS) is 11.6. The van der Waals surface area contributed by atoms with E-state index < -0.39 is 23.5 Å². The Morgan fingerprint density at radius 3 is 1.16 bits per heavy atom. The van der Waals surface area contributed by atoms with E-state index in [9.17, 15) is 26.3 Å². The Kier molecular flexibility index (Phi) is 14.5. The summed E-state index contributed by atoms with van der Waals surface area (Å²) < 4.78 is 77.2. The summed E-state index contributed by atoms with van der Waals surface area (Å²) in [5.74, 6) is 17.8. The summed E-state index contributed by atoms with van der Waals surface area (Å²) in [4.78, 5) is 0. The van der Waals surface area contributed by atoms with E-state index in [2.05, 4.69) is 128 Å². The van der Waals surface area contributed by atoms with Gasteiger partial charge in [-0.15, -0.1) is 0 Å². The maximum absolute atomic E-state index is 12.9. The second-order valence-electron chi connectivity index (χ2n) is 15.9. The fraction of sp³-hybridized carbons (Fsp3) is 0.0645. The third-order valence-electron chi connectivity index (χ3n) is 10.9. The number of rotatable bonds is 5. The van der Waals surface area contributed by atoms with Gasteiger partial charge in [0, 0.05) is 33.4 Å². The number of benzene rings is 8. The highest BCUT2D eigenvalue weighted by Gasteiger charge is 2.30. The molecule has 68 heavy (non-hydrogen) atoms. The molecule has 0 atom stereocenters. The lowest BCUT2D eigenvalue weighted by Crippen LogP contribution is -2.04. The standard InChI is InChI=1S/C48H26F6.C14H16/c49-47(50,51)45-19-11-31(12-20-45)1-3-33-7-15-37-29-43-25-35(9-17-39(43)27-41(37)23-33)5-6-36-10-18-40-28-42-24-34(8-16-38(42)30-44(40)26-36)4-2-32-13-21-46(22-14-32)48(52,53)54;1-6-12(3)8-10-14(5)11-9-13(4)7-2/h5-30H;6-7,9,11H,1,3,5H2,2,4H3/b6-5+;11-9-,13-7+. The van der Waals surface area contributed by atoms with Gasteiger partial charge < -0.3 is 0 Å². The van der Waals surface area contributed by atoms with Gasteiger partial charge in [0.1, 0.15) is 0 Å². The van der Waals surface area contributed by atoms with Crippen molar-refractivity contribution in [1.29, 1.82) is 0 Å². The van der Waals surface area contributed by atoms with Crippen LogP contribution in [0, 0.1) is 35.5 Å². The van der Waals surface area contributed by atoms with Crippen molar-refractivity contribution < 1.29 is 26.3 Å². The van der Waals surface area contributed by atoms with E-state index >= 15 is 0 Å². The van der Waals surface area contributed by atoms with Gasteiger partial charge >= 0.3 is 12.4 Å². The highest BCUT2D eigenvalue weighted by molar-refractivity contribution is 6.01. The number of hydrogen-bond donors (Lipinski definition) is 0. The van der Waals surface area contributed by atoms with Gasteiger partial charge in [0.15, 0.2) is 0 Å². The predicted molar refractivity (Wildman–Crippen MR) is 272 cm³/mol. The van der Waals surface area contributed by atoms with Crippen LogP contribution in [-0.4, -0.2) is 0 Å². The van der Waals surface area contributed by atoms with Crippen LogP contribution in [-0.2, 0) is 12.4 Å². The Labute approximate surface area is 392 Å². The summed E-state index contributed by atoms with van der Waals surface area (Å²) in [5.41, 5.74) is 5.98. The first kappa shape index (κ1) is 47.5. The molecule has 0 aliphatic heterocycles. The molecule has 0 aliphatic rings. The number of allylic oxidation sites excluding steroid dienone is 7. The van der Waals surface area contributed by atoms with Gasteiger partial charge in [0.05, 0.1) is 11.1 Å². The van der Waals surface area contributed by atoms with Crippen LogP contribution < -0.4 is 0 Å². The topological polar surface area (TPSA) is 0 Å². The molecule has 0 saturated heterocycles. The van der Waals surface area contributed by atoms with Crippen molar-refractivity contribution in [2.45, 2.75) is 26.2 Å².